The van der Waals surface area contributed by atoms with Crippen LogP contribution >= 0.6 is 0 Å². The van der Waals surface area contributed by atoms with Gasteiger partial charge in [-0.15, -0.1) is 6.42 Å². The van der Waals surface area contributed by atoms with Gasteiger partial charge in [-0.1, -0.05) is 54.6 Å². The smallest absolute Gasteiger partial charge is 0.295 e. The predicted octanol–water partition coefficient (Wildman–Crippen LogP) is 4.16. The number of rotatable bonds is 5. The third kappa shape index (κ3) is 3.79. The number of hydrogen-bond donors (Lipinski definition) is 3. The highest BCUT2D eigenvalue weighted by Gasteiger charge is 2.17. The van der Waals surface area contributed by atoms with Gasteiger partial charge in [0.25, 0.3) is 11.8 Å². The Labute approximate surface area is 180 Å². The Morgan fingerprint density at radius 3 is 2.42 bits per heavy atom. The fraction of sp³-hybridized carbons (Fsp3) is 0.0769. The molecule has 31 heavy (non-hydrogen) atoms. The summed E-state index contributed by atoms with van der Waals surface area (Å²) >= 11 is 0. The second-order valence-corrected chi connectivity index (χ2v) is 7.30. The number of terminal acetylenes is 1. The van der Waals surface area contributed by atoms with Crippen LogP contribution in [0.3, 0.4) is 0 Å². The lowest BCUT2D eigenvalue weighted by Crippen LogP contribution is -2.20. The minimum absolute atomic E-state index is 0.294. The second-order valence-electron chi connectivity index (χ2n) is 7.30. The van der Waals surface area contributed by atoms with E-state index in [9.17, 15) is 9.59 Å². The molecule has 0 spiro atoms. The van der Waals surface area contributed by atoms with Gasteiger partial charge >= 0.3 is 0 Å². The second kappa shape index (κ2) is 8.21. The predicted molar refractivity (Wildman–Crippen MR) is 123 cm³/mol. The summed E-state index contributed by atoms with van der Waals surface area (Å²) in [6, 6.07) is 21.5. The fourth-order valence-electron chi connectivity index (χ4n) is 3.84. The Balaban J connectivity index is 1.91. The summed E-state index contributed by atoms with van der Waals surface area (Å²) in [6.07, 6.45) is 5.15. The van der Waals surface area contributed by atoms with E-state index >= 15 is 0 Å². The minimum atomic E-state index is -0.496. The van der Waals surface area contributed by atoms with Crippen molar-refractivity contribution in [2.75, 3.05) is 0 Å². The zero-order chi connectivity index (χ0) is 22.0. The number of nitrogens with two attached hydrogens (primary N) is 1. The maximum atomic E-state index is 12.1. The quantitative estimate of drug-likeness (QED) is 0.434. The Bertz CT molecular complexity index is 1360. The van der Waals surface area contributed by atoms with Crippen LogP contribution in [0.25, 0.3) is 33.3 Å². The monoisotopic (exact) mass is 407 g/mol. The van der Waals surface area contributed by atoms with Crippen molar-refractivity contribution in [3.8, 4) is 34.7 Å². The van der Waals surface area contributed by atoms with E-state index in [2.05, 4.69) is 35.3 Å². The van der Waals surface area contributed by atoms with Gasteiger partial charge in [-0.3, -0.25) is 9.59 Å². The number of hydrogen-bond acceptors (Lipinski definition) is 2. The van der Waals surface area contributed by atoms with Crippen LogP contribution in [-0.4, -0.2) is 16.8 Å². The molecule has 0 radical (unpaired) electrons. The van der Waals surface area contributed by atoms with Crippen molar-refractivity contribution in [3.05, 3.63) is 83.4 Å². The van der Waals surface area contributed by atoms with E-state index in [0.29, 0.717) is 17.6 Å². The first-order chi connectivity index (χ1) is 15.0. The number of aromatic nitrogens is 1. The summed E-state index contributed by atoms with van der Waals surface area (Å²) in [7, 11) is 0. The maximum Gasteiger partial charge on any atom is 0.295 e. The number of aromatic amines is 1. The highest BCUT2D eigenvalue weighted by Crippen LogP contribution is 2.36. The topological polar surface area (TPSA) is 88.0 Å². The lowest BCUT2D eigenvalue weighted by molar-refractivity contribution is -0.115. The van der Waals surface area contributed by atoms with Gasteiger partial charge in [-0.2, -0.15) is 0 Å². The molecule has 152 valence electrons. The Hall–Kier alpha value is -4.30. The van der Waals surface area contributed by atoms with E-state index in [4.69, 9.17) is 12.2 Å². The first-order valence-electron chi connectivity index (χ1n) is 9.84. The van der Waals surface area contributed by atoms with Crippen molar-refractivity contribution in [1.29, 1.82) is 0 Å². The summed E-state index contributed by atoms with van der Waals surface area (Å²) in [5.74, 6) is 1.09. The van der Waals surface area contributed by atoms with Crippen LogP contribution in [0.4, 0.5) is 0 Å². The van der Waals surface area contributed by atoms with E-state index in [0.717, 1.165) is 38.9 Å². The number of carbonyl (C=O) groups is 2. The molecule has 3 aromatic carbocycles. The minimum Gasteiger partial charge on any atom is -0.366 e. The number of H-pyrrole nitrogens is 1. The van der Waals surface area contributed by atoms with Crippen molar-refractivity contribution in [1.82, 2.24) is 10.3 Å². The number of carbonyl (C=O) groups excluding carboxylic acids is 2. The van der Waals surface area contributed by atoms with Gasteiger partial charge in [0.05, 0.1) is 11.1 Å². The molecule has 4 rings (SSSR count). The van der Waals surface area contributed by atoms with E-state index in [-0.39, 0.29) is 0 Å². The molecular formula is C26H21N3O2. The molecule has 0 saturated carbocycles. The third-order valence-electron chi connectivity index (χ3n) is 5.37. The Kier molecular flexibility index (Phi) is 5.30. The summed E-state index contributed by atoms with van der Waals surface area (Å²) < 4.78 is 0. The Morgan fingerprint density at radius 1 is 1.00 bits per heavy atom. The van der Waals surface area contributed by atoms with Gasteiger partial charge in [-0.05, 0) is 47.2 Å². The molecule has 4 aromatic rings. The maximum absolute atomic E-state index is 12.1. The molecule has 0 saturated heterocycles. The van der Waals surface area contributed by atoms with Crippen molar-refractivity contribution in [3.63, 3.8) is 0 Å². The van der Waals surface area contributed by atoms with E-state index in [1.807, 2.05) is 48.5 Å². The molecule has 0 fully saturated rings. The molecule has 0 aliphatic heterocycles. The van der Waals surface area contributed by atoms with Gasteiger partial charge in [0.1, 0.15) is 0 Å². The van der Waals surface area contributed by atoms with Gasteiger partial charge in [-0.25, -0.2) is 0 Å². The zero-order valence-corrected chi connectivity index (χ0v) is 17.0. The molecule has 0 aliphatic rings. The SMILES string of the molecule is C#CC(=O)NCc1ccccc1-c1cc2c(-c3ccccc3C)ccc(C(N)=O)c2[nH]1. The van der Waals surface area contributed by atoms with Crippen LogP contribution in [0.1, 0.15) is 21.5 Å². The number of nitrogens with one attached hydrogen (secondary N) is 2. The van der Waals surface area contributed by atoms with E-state index in [1.54, 1.807) is 6.07 Å². The van der Waals surface area contributed by atoms with Crippen molar-refractivity contribution < 1.29 is 9.59 Å². The average Bonchev–Trinajstić information content (AvgIpc) is 3.22. The molecule has 0 atom stereocenters. The number of benzene rings is 3. The molecule has 4 N–H and O–H groups in total. The third-order valence-corrected chi connectivity index (χ3v) is 5.37. The van der Waals surface area contributed by atoms with Gasteiger partial charge < -0.3 is 16.0 Å². The van der Waals surface area contributed by atoms with Crippen LogP contribution in [0.15, 0.2) is 66.7 Å². The molecule has 5 heteroatoms. The number of primary amides is 1. The highest BCUT2D eigenvalue weighted by atomic mass is 16.1. The fourth-order valence-corrected chi connectivity index (χ4v) is 3.84. The molecule has 0 aliphatic carbocycles. The van der Waals surface area contributed by atoms with Gasteiger partial charge in [0.15, 0.2) is 0 Å². The molecule has 5 nitrogen and oxygen atoms in total. The van der Waals surface area contributed by atoms with Crippen LogP contribution in [0.5, 0.6) is 0 Å². The van der Waals surface area contributed by atoms with Gasteiger partial charge in [0.2, 0.25) is 0 Å². The van der Waals surface area contributed by atoms with Gasteiger partial charge in [0, 0.05) is 23.2 Å². The number of amides is 2. The van der Waals surface area contributed by atoms with Crippen LogP contribution in [0.2, 0.25) is 0 Å². The van der Waals surface area contributed by atoms with Crippen LogP contribution in [-0.2, 0) is 11.3 Å². The summed E-state index contributed by atoms with van der Waals surface area (Å²) in [5, 5.41) is 3.61. The number of aryl methyl sites for hydroxylation is 1. The molecule has 2 amide bonds. The van der Waals surface area contributed by atoms with E-state index < -0.39 is 11.8 Å². The summed E-state index contributed by atoms with van der Waals surface area (Å²) in [4.78, 5) is 27.0. The standard InChI is InChI=1S/C26H21N3O2/c1-3-24(30)28-15-17-9-5-7-11-19(17)23-14-22-20(18-10-6-4-8-16(18)2)12-13-21(26(27)31)25(22)29-23/h1,4-14,29H,15H2,2H3,(H2,27,31)(H,28,30). The first-order valence-corrected chi connectivity index (χ1v) is 9.84. The lowest BCUT2D eigenvalue weighted by atomic mass is 9.95. The largest absolute Gasteiger partial charge is 0.366 e. The first kappa shape index (κ1) is 20.0. The van der Waals surface area contributed by atoms with E-state index in [1.165, 1.54) is 0 Å². The molecule has 0 bridgehead atoms. The van der Waals surface area contributed by atoms with Crippen molar-refractivity contribution >= 4 is 22.7 Å². The molecule has 1 aromatic heterocycles. The van der Waals surface area contributed by atoms with Crippen LogP contribution < -0.4 is 11.1 Å². The highest BCUT2D eigenvalue weighted by molar-refractivity contribution is 6.10. The normalized spacial score (nSPS) is 10.6. The van der Waals surface area contributed by atoms with Crippen molar-refractivity contribution in [2.24, 2.45) is 5.73 Å². The summed E-state index contributed by atoms with van der Waals surface area (Å²) in [6.45, 7) is 2.35. The molecule has 1 heterocycles. The Morgan fingerprint density at radius 2 is 1.71 bits per heavy atom. The zero-order valence-electron chi connectivity index (χ0n) is 17.0. The molecule has 0 unspecified atom stereocenters. The summed E-state index contributed by atoms with van der Waals surface area (Å²) in [5.41, 5.74) is 12.6. The molecular weight excluding hydrogens is 386 g/mol. The number of fused-ring (bicyclic) bond motifs is 1. The van der Waals surface area contributed by atoms with Crippen molar-refractivity contribution in [2.45, 2.75) is 13.5 Å². The van der Waals surface area contributed by atoms with Crippen LogP contribution in [0, 0.1) is 19.3 Å². The lowest BCUT2D eigenvalue weighted by Gasteiger charge is -2.09. The average molecular weight is 407 g/mol.